The van der Waals surface area contributed by atoms with Gasteiger partial charge < -0.3 is 13.6 Å². The van der Waals surface area contributed by atoms with Gasteiger partial charge >= 0.3 is 0 Å². The summed E-state index contributed by atoms with van der Waals surface area (Å²) >= 11 is 0. The molecule has 46 heavy (non-hydrogen) atoms. The highest BCUT2D eigenvalue weighted by Crippen LogP contribution is 2.39. The molecule has 218 valence electrons. The van der Waals surface area contributed by atoms with Gasteiger partial charge in [-0.15, -0.1) is 0 Å². The Morgan fingerprint density at radius 2 is 1.15 bits per heavy atom. The first kappa shape index (κ1) is 25.5. The molecule has 3 aromatic heterocycles. The summed E-state index contributed by atoms with van der Waals surface area (Å²) in [5.41, 5.74) is 13.0. The average molecular weight is 591 g/mol. The van der Waals surface area contributed by atoms with E-state index in [4.69, 9.17) is 4.42 Å². The number of hydrogen-bond donors (Lipinski definition) is 0. The van der Waals surface area contributed by atoms with Gasteiger partial charge in [-0.3, -0.25) is 0 Å². The van der Waals surface area contributed by atoms with Crippen LogP contribution in [0.2, 0.25) is 0 Å². The summed E-state index contributed by atoms with van der Waals surface area (Å²) in [5.74, 6) is 0.510. The molecular weight excluding hydrogens is 560 g/mol. The second-order valence-electron chi connectivity index (χ2n) is 12.7. The molecule has 3 heterocycles. The normalized spacial score (nSPS) is 14.7. The SMILES string of the molecule is CC1C=Cc2c(n(-c3ccc4oc5ccc(-c6ccc7c(c6)c6ccccc6n7-c6ccccc6)cc5c4c3)c3ccccc23)C1. The topological polar surface area (TPSA) is 23.0 Å². The van der Waals surface area contributed by atoms with Gasteiger partial charge in [0.1, 0.15) is 11.2 Å². The lowest BCUT2D eigenvalue weighted by Gasteiger charge is -2.17. The second-order valence-corrected chi connectivity index (χ2v) is 12.7. The Hall–Kier alpha value is -5.80. The van der Waals surface area contributed by atoms with Crippen LogP contribution in [-0.4, -0.2) is 9.13 Å². The van der Waals surface area contributed by atoms with Crippen molar-refractivity contribution in [2.45, 2.75) is 13.3 Å². The van der Waals surface area contributed by atoms with Gasteiger partial charge in [0.15, 0.2) is 0 Å². The van der Waals surface area contributed by atoms with Crippen molar-refractivity contribution in [3.8, 4) is 22.5 Å². The molecule has 1 aliphatic rings. The Morgan fingerprint density at radius 3 is 1.98 bits per heavy atom. The fraction of sp³-hybridized carbons (Fsp3) is 0.0698. The van der Waals surface area contributed by atoms with Gasteiger partial charge in [0.2, 0.25) is 0 Å². The fourth-order valence-corrected chi connectivity index (χ4v) is 7.73. The summed E-state index contributed by atoms with van der Waals surface area (Å²) in [4.78, 5) is 0. The predicted molar refractivity (Wildman–Crippen MR) is 192 cm³/mol. The molecule has 0 fully saturated rings. The van der Waals surface area contributed by atoms with Crippen LogP contribution in [0.15, 0.2) is 144 Å². The quantitative estimate of drug-likeness (QED) is 0.201. The van der Waals surface area contributed by atoms with E-state index in [9.17, 15) is 0 Å². The van der Waals surface area contributed by atoms with E-state index in [1.807, 2.05) is 0 Å². The van der Waals surface area contributed by atoms with Crippen LogP contribution in [-0.2, 0) is 6.42 Å². The summed E-state index contributed by atoms with van der Waals surface area (Å²) in [5, 5.41) is 6.10. The third-order valence-corrected chi connectivity index (χ3v) is 9.85. The lowest BCUT2D eigenvalue weighted by Crippen LogP contribution is -2.08. The Morgan fingerprint density at radius 1 is 0.522 bits per heavy atom. The number of aromatic nitrogens is 2. The maximum Gasteiger partial charge on any atom is 0.135 e. The molecule has 0 aliphatic heterocycles. The number of allylic oxidation sites excluding steroid dienone is 1. The number of fused-ring (bicyclic) bond motifs is 9. The van der Waals surface area contributed by atoms with E-state index in [0.717, 1.165) is 28.4 Å². The van der Waals surface area contributed by atoms with Gasteiger partial charge in [0.25, 0.3) is 0 Å². The molecule has 0 saturated carbocycles. The molecule has 0 bridgehead atoms. The van der Waals surface area contributed by atoms with E-state index in [1.165, 1.54) is 66.5 Å². The summed E-state index contributed by atoms with van der Waals surface area (Å²) in [6.45, 7) is 2.30. The predicted octanol–water partition coefficient (Wildman–Crippen LogP) is 11.5. The molecule has 3 nitrogen and oxygen atoms in total. The van der Waals surface area contributed by atoms with Gasteiger partial charge in [-0.25, -0.2) is 0 Å². The summed E-state index contributed by atoms with van der Waals surface area (Å²) < 4.78 is 11.2. The van der Waals surface area contributed by atoms with Crippen molar-refractivity contribution in [1.82, 2.24) is 9.13 Å². The number of furan rings is 1. The number of nitrogens with zero attached hydrogens (tertiary/aromatic N) is 2. The highest BCUT2D eigenvalue weighted by atomic mass is 16.3. The van der Waals surface area contributed by atoms with Gasteiger partial charge in [0.05, 0.1) is 16.6 Å². The Bertz CT molecular complexity index is 2680. The molecule has 9 aromatic rings. The van der Waals surface area contributed by atoms with Crippen molar-refractivity contribution in [3.63, 3.8) is 0 Å². The van der Waals surface area contributed by atoms with E-state index in [1.54, 1.807) is 0 Å². The van der Waals surface area contributed by atoms with E-state index >= 15 is 0 Å². The molecule has 0 radical (unpaired) electrons. The lowest BCUT2D eigenvalue weighted by atomic mass is 9.95. The molecule has 0 saturated heterocycles. The zero-order valence-corrected chi connectivity index (χ0v) is 25.4. The minimum absolute atomic E-state index is 0.510. The van der Waals surface area contributed by atoms with Crippen LogP contribution in [0, 0.1) is 5.92 Å². The first-order valence-corrected chi connectivity index (χ1v) is 16.1. The standard InChI is InChI=1S/C43H30N2O/c1-27-15-19-34-32-11-5-7-13-38(32)45(41(34)23-27)31-18-22-43-37(26-31)36-25-29(17-21-42(36)46-43)28-16-20-40-35(24-28)33-12-6-8-14-39(33)44(40)30-9-3-2-4-10-30/h2-22,24-27H,23H2,1H3. The van der Waals surface area contributed by atoms with E-state index < -0.39 is 0 Å². The molecule has 0 amide bonds. The molecule has 10 rings (SSSR count). The first-order chi connectivity index (χ1) is 22.7. The highest BCUT2D eigenvalue weighted by Gasteiger charge is 2.22. The molecule has 0 N–H and O–H groups in total. The van der Waals surface area contributed by atoms with E-state index in [-0.39, 0.29) is 0 Å². The molecule has 3 heteroatoms. The van der Waals surface area contributed by atoms with Gasteiger partial charge in [-0.05, 0) is 90.2 Å². The summed E-state index contributed by atoms with van der Waals surface area (Å²) in [6.07, 6.45) is 5.68. The van der Waals surface area contributed by atoms with Crippen molar-refractivity contribution in [2.24, 2.45) is 5.92 Å². The number of rotatable bonds is 3. The first-order valence-electron chi connectivity index (χ1n) is 16.1. The van der Waals surface area contributed by atoms with Crippen LogP contribution in [0.25, 0.3) is 83.2 Å². The molecule has 0 spiro atoms. The largest absolute Gasteiger partial charge is 0.456 e. The monoisotopic (exact) mass is 590 g/mol. The van der Waals surface area contributed by atoms with Crippen molar-refractivity contribution < 1.29 is 4.42 Å². The maximum atomic E-state index is 6.39. The molecule has 1 atom stereocenters. The molecule has 1 aliphatic carbocycles. The number of para-hydroxylation sites is 3. The highest BCUT2D eigenvalue weighted by molar-refractivity contribution is 6.11. The van der Waals surface area contributed by atoms with Gasteiger partial charge in [-0.2, -0.15) is 0 Å². The average Bonchev–Trinajstić information content (AvgIpc) is 3.75. The zero-order valence-electron chi connectivity index (χ0n) is 25.4. The minimum Gasteiger partial charge on any atom is -0.456 e. The van der Waals surface area contributed by atoms with Crippen molar-refractivity contribution in [1.29, 1.82) is 0 Å². The van der Waals surface area contributed by atoms with Crippen molar-refractivity contribution >= 4 is 60.7 Å². The second kappa shape index (κ2) is 9.60. The molecule has 1 unspecified atom stereocenters. The van der Waals surface area contributed by atoms with Crippen LogP contribution in [0.1, 0.15) is 18.2 Å². The minimum atomic E-state index is 0.510. The van der Waals surface area contributed by atoms with E-state index in [2.05, 4.69) is 162 Å². The fourth-order valence-electron chi connectivity index (χ4n) is 7.73. The Labute approximate surface area is 266 Å². The molecular formula is C43H30N2O. The third-order valence-electron chi connectivity index (χ3n) is 9.85. The number of hydrogen-bond acceptors (Lipinski definition) is 1. The lowest BCUT2D eigenvalue weighted by molar-refractivity contribution is 0.668. The Balaban J connectivity index is 1.15. The van der Waals surface area contributed by atoms with Gasteiger partial charge in [-0.1, -0.05) is 85.8 Å². The van der Waals surface area contributed by atoms with Crippen molar-refractivity contribution in [2.75, 3.05) is 0 Å². The Kier molecular flexibility index (Phi) is 5.32. The van der Waals surface area contributed by atoms with E-state index in [0.29, 0.717) is 5.92 Å². The third kappa shape index (κ3) is 3.66. The zero-order chi connectivity index (χ0) is 30.4. The van der Waals surface area contributed by atoms with Crippen LogP contribution < -0.4 is 0 Å². The van der Waals surface area contributed by atoms with Crippen LogP contribution >= 0.6 is 0 Å². The summed E-state index contributed by atoms with van der Waals surface area (Å²) in [6, 6.07) is 48.2. The van der Waals surface area contributed by atoms with Crippen molar-refractivity contribution in [3.05, 3.63) is 151 Å². The van der Waals surface area contributed by atoms with Crippen LogP contribution in [0.4, 0.5) is 0 Å². The molecule has 6 aromatic carbocycles. The van der Waals surface area contributed by atoms with Gasteiger partial charge in [0, 0.05) is 49.6 Å². The maximum absolute atomic E-state index is 6.39. The number of benzene rings is 6. The smallest absolute Gasteiger partial charge is 0.135 e. The summed E-state index contributed by atoms with van der Waals surface area (Å²) in [7, 11) is 0. The van der Waals surface area contributed by atoms with Crippen LogP contribution in [0.5, 0.6) is 0 Å². The van der Waals surface area contributed by atoms with Crippen LogP contribution in [0.3, 0.4) is 0 Å².